The van der Waals surface area contributed by atoms with Crippen molar-refractivity contribution in [2.45, 2.75) is 19.9 Å². The summed E-state index contributed by atoms with van der Waals surface area (Å²) in [5.41, 5.74) is 5.28. The van der Waals surface area contributed by atoms with Gasteiger partial charge in [0.1, 0.15) is 16.5 Å². The number of pyridine rings is 1. The van der Waals surface area contributed by atoms with Crippen molar-refractivity contribution in [1.82, 2.24) is 4.98 Å². The van der Waals surface area contributed by atoms with Gasteiger partial charge in [-0.2, -0.15) is 0 Å². The van der Waals surface area contributed by atoms with Gasteiger partial charge >= 0.3 is 0 Å². The maximum absolute atomic E-state index is 11.2. The SMILES string of the molecule is CC(C)C(Nc1cccc(Br)n1)C(N)=O. The van der Waals surface area contributed by atoms with Gasteiger partial charge in [0.2, 0.25) is 5.91 Å². The molecular formula is C10H14BrN3O. The molecule has 0 spiro atoms. The lowest BCUT2D eigenvalue weighted by Gasteiger charge is -2.19. The predicted octanol–water partition coefficient (Wildman–Crippen LogP) is 1.77. The van der Waals surface area contributed by atoms with E-state index in [1.54, 1.807) is 6.07 Å². The third-order valence-corrected chi connectivity index (χ3v) is 2.43. The smallest absolute Gasteiger partial charge is 0.240 e. The van der Waals surface area contributed by atoms with E-state index in [9.17, 15) is 4.79 Å². The van der Waals surface area contributed by atoms with Gasteiger partial charge in [0.05, 0.1) is 0 Å². The number of carbonyl (C=O) groups excluding carboxylic acids is 1. The number of hydrogen-bond acceptors (Lipinski definition) is 3. The first kappa shape index (κ1) is 12.0. The molecule has 0 aliphatic rings. The lowest BCUT2D eigenvalue weighted by molar-refractivity contribution is -0.119. The van der Waals surface area contributed by atoms with Crippen LogP contribution in [0.4, 0.5) is 5.82 Å². The lowest BCUT2D eigenvalue weighted by atomic mass is 10.0. The van der Waals surface area contributed by atoms with E-state index in [0.29, 0.717) is 5.82 Å². The van der Waals surface area contributed by atoms with Gasteiger partial charge in [-0.1, -0.05) is 19.9 Å². The minimum Gasteiger partial charge on any atom is -0.368 e. The normalized spacial score (nSPS) is 12.5. The molecule has 1 amide bonds. The summed E-state index contributed by atoms with van der Waals surface area (Å²) in [5.74, 6) is 0.400. The highest BCUT2D eigenvalue weighted by Gasteiger charge is 2.19. The summed E-state index contributed by atoms with van der Waals surface area (Å²) in [6, 6.07) is 5.06. The Balaban J connectivity index is 2.79. The number of nitrogens with zero attached hydrogens (tertiary/aromatic N) is 1. The summed E-state index contributed by atoms with van der Waals surface area (Å²) in [5, 5.41) is 3.00. The van der Waals surface area contributed by atoms with Crippen molar-refractivity contribution in [3.05, 3.63) is 22.8 Å². The number of primary amides is 1. The van der Waals surface area contributed by atoms with Crippen LogP contribution in [0.25, 0.3) is 0 Å². The molecule has 0 bridgehead atoms. The number of halogens is 1. The minimum absolute atomic E-state index is 0.128. The van der Waals surface area contributed by atoms with Crippen molar-refractivity contribution in [2.24, 2.45) is 11.7 Å². The summed E-state index contributed by atoms with van der Waals surface area (Å²) in [6.45, 7) is 3.86. The summed E-state index contributed by atoms with van der Waals surface area (Å²) in [4.78, 5) is 15.3. The molecule has 82 valence electrons. The fraction of sp³-hybridized carbons (Fsp3) is 0.400. The van der Waals surface area contributed by atoms with Crippen molar-refractivity contribution < 1.29 is 4.79 Å². The summed E-state index contributed by atoms with van der Waals surface area (Å²) in [6.07, 6.45) is 0. The zero-order valence-electron chi connectivity index (χ0n) is 8.70. The van der Waals surface area contributed by atoms with Crippen LogP contribution in [0.5, 0.6) is 0 Å². The number of aromatic nitrogens is 1. The third kappa shape index (κ3) is 3.51. The van der Waals surface area contributed by atoms with Gasteiger partial charge in [0, 0.05) is 0 Å². The van der Waals surface area contributed by atoms with Crippen molar-refractivity contribution in [1.29, 1.82) is 0 Å². The van der Waals surface area contributed by atoms with E-state index in [4.69, 9.17) is 5.73 Å². The van der Waals surface area contributed by atoms with Gasteiger partial charge in [0.15, 0.2) is 0 Å². The highest BCUT2D eigenvalue weighted by molar-refractivity contribution is 9.10. The molecule has 0 radical (unpaired) electrons. The largest absolute Gasteiger partial charge is 0.368 e. The number of carbonyl (C=O) groups is 1. The van der Waals surface area contributed by atoms with Crippen LogP contribution in [-0.4, -0.2) is 16.9 Å². The second-order valence-corrected chi connectivity index (χ2v) is 4.43. The second kappa shape index (κ2) is 5.11. The van der Waals surface area contributed by atoms with Gasteiger partial charge in [-0.3, -0.25) is 4.79 Å². The molecule has 3 N–H and O–H groups in total. The summed E-state index contributed by atoms with van der Waals surface area (Å²) in [7, 11) is 0. The molecule has 1 aromatic rings. The van der Waals surface area contributed by atoms with Crippen LogP contribution in [0, 0.1) is 5.92 Å². The maximum atomic E-state index is 11.2. The number of nitrogens with one attached hydrogen (secondary N) is 1. The zero-order valence-corrected chi connectivity index (χ0v) is 10.3. The minimum atomic E-state index is -0.396. The predicted molar refractivity (Wildman–Crippen MR) is 63.4 cm³/mol. The standard InChI is InChI=1S/C10H14BrN3O/c1-6(2)9(10(12)15)14-8-5-3-4-7(11)13-8/h3-6,9H,1-2H3,(H2,12,15)(H,13,14). The fourth-order valence-electron chi connectivity index (χ4n) is 1.21. The Morgan fingerprint density at radius 2 is 2.20 bits per heavy atom. The molecule has 4 nitrogen and oxygen atoms in total. The first-order valence-electron chi connectivity index (χ1n) is 4.69. The van der Waals surface area contributed by atoms with Crippen LogP contribution < -0.4 is 11.1 Å². The molecule has 1 rings (SSSR count). The van der Waals surface area contributed by atoms with Gasteiger partial charge in [-0.05, 0) is 34.0 Å². The first-order chi connectivity index (χ1) is 7.00. The van der Waals surface area contributed by atoms with Crippen LogP contribution in [0.1, 0.15) is 13.8 Å². The van der Waals surface area contributed by atoms with Crippen LogP contribution >= 0.6 is 15.9 Å². The van der Waals surface area contributed by atoms with E-state index in [0.717, 1.165) is 4.60 Å². The third-order valence-electron chi connectivity index (χ3n) is 1.99. The van der Waals surface area contributed by atoms with Crippen LogP contribution in [-0.2, 0) is 4.79 Å². The average Bonchev–Trinajstić information content (AvgIpc) is 2.13. The molecule has 1 aromatic heterocycles. The fourth-order valence-corrected chi connectivity index (χ4v) is 1.56. The molecule has 0 saturated heterocycles. The van der Waals surface area contributed by atoms with Gasteiger partial charge in [-0.25, -0.2) is 4.98 Å². The molecule has 1 atom stereocenters. The first-order valence-corrected chi connectivity index (χ1v) is 5.48. The van der Waals surface area contributed by atoms with E-state index in [-0.39, 0.29) is 11.8 Å². The number of nitrogens with two attached hydrogens (primary N) is 1. The Morgan fingerprint density at radius 1 is 1.53 bits per heavy atom. The Bertz CT molecular complexity index is 354. The Labute approximate surface area is 97.4 Å². The molecule has 0 fully saturated rings. The molecule has 0 saturated carbocycles. The van der Waals surface area contributed by atoms with Crippen LogP contribution in [0.3, 0.4) is 0 Å². The van der Waals surface area contributed by atoms with Crippen molar-refractivity contribution in [3.63, 3.8) is 0 Å². The van der Waals surface area contributed by atoms with Crippen molar-refractivity contribution in [3.8, 4) is 0 Å². The molecule has 1 unspecified atom stereocenters. The van der Waals surface area contributed by atoms with E-state index in [2.05, 4.69) is 26.2 Å². The van der Waals surface area contributed by atoms with E-state index >= 15 is 0 Å². The molecule has 0 aliphatic heterocycles. The summed E-state index contributed by atoms with van der Waals surface area (Å²) >= 11 is 3.26. The number of amides is 1. The monoisotopic (exact) mass is 271 g/mol. The average molecular weight is 272 g/mol. The van der Waals surface area contributed by atoms with E-state index in [1.807, 2.05) is 26.0 Å². The quantitative estimate of drug-likeness (QED) is 0.821. The molecule has 0 aromatic carbocycles. The molecule has 0 aliphatic carbocycles. The highest BCUT2D eigenvalue weighted by Crippen LogP contribution is 2.13. The van der Waals surface area contributed by atoms with E-state index in [1.165, 1.54) is 0 Å². The number of rotatable bonds is 4. The Hall–Kier alpha value is -1.10. The van der Waals surface area contributed by atoms with Crippen molar-refractivity contribution >= 4 is 27.7 Å². The van der Waals surface area contributed by atoms with Crippen LogP contribution in [0.2, 0.25) is 0 Å². The Morgan fingerprint density at radius 3 is 2.67 bits per heavy atom. The molecule has 1 heterocycles. The highest BCUT2D eigenvalue weighted by atomic mass is 79.9. The zero-order chi connectivity index (χ0) is 11.4. The van der Waals surface area contributed by atoms with Crippen LogP contribution in [0.15, 0.2) is 22.8 Å². The molecular weight excluding hydrogens is 258 g/mol. The topological polar surface area (TPSA) is 68.0 Å². The molecule has 5 heteroatoms. The number of anilines is 1. The van der Waals surface area contributed by atoms with Gasteiger partial charge in [0.25, 0.3) is 0 Å². The Kier molecular flexibility index (Phi) is 4.08. The lowest BCUT2D eigenvalue weighted by Crippen LogP contribution is -2.39. The maximum Gasteiger partial charge on any atom is 0.240 e. The number of hydrogen-bond donors (Lipinski definition) is 2. The van der Waals surface area contributed by atoms with E-state index < -0.39 is 6.04 Å². The second-order valence-electron chi connectivity index (χ2n) is 3.61. The van der Waals surface area contributed by atoms with Gasteiger partial charge in [-0.15, -0.1) is 0 Å². The summed E-state index contributed by atoms with van der Waals surface area (Å²) < 4.78 is 0.722. The van der Waals surface area contributed by atoms with Gasteiger partial charge < -0.3 is 11.1 Å². The molecule has 15 heavy (non-hydrogen) atoms. The van der Waals surface area contributed by atoms with Crippen molar-refractivity contribution in [2.75, 3.05) is 5.32 Å².